The summed E-state index contributed by atoms with van der Waals surface area (Å²) in [4.78, 5) is 17.0. The summed E-state index contributed by atoms with van der Waals surface area (Å²) in [6.07, 6.45) is 6.66. The van der Waals surface area contributed by atoms with E-state index in [9.17, 15) is 4.79 Å². The molecule has 144 valence electrons. The number of carbonyl (C=O) groups is 1. The number of methoxy groups -OCH3 is 1. The number of aromatic nitrogens is 1. The molecule has 0 spiro atoms. The van der Waals surface area contributed by atoms with Crippen molar-refractivity contribution in [1.82, 2.24) is 4.98 Å². The molecule has 28 heavy (non-hydrogen) atoms. The summed E-state index contributed by atoms with van der Waals surface area (Å²) < 4.78 is 5.18. The average molecular weight is 393 g/mol. The zero-order chi connectivity index (χ0) is 19.3. The van der Waals surface area contributed by atoms with Gasteiger partial charge in [-0.15, -0.1) is 11.3 Å². The minimum Gasteiger partial charge on any atom is -0.497 e. The zero-order valence-electron chi connectivity index (χ0n) is 16.0. The highest BCUT2D eigenvalue weighted by Crippen LogP contribution is 2.34. The minimum absolute atomic E-state index is 0.188. The number of nitrogens with zero attached hydrogens (tertiary/aromatic N) is 1. The van der Waals surface area contributed by atoms with Gasteiger partial charge in [0.05, 0.1) is 12.8 Å². The van der Waals surface area contributed by atoms with E-state index in [1.54, 1.807) is 25.3 Å². The Balaban J connectivity index is 1.44. The molecule has 0 bridgehead atoms. The monoisotopic (exact) mass is 392 g/mol. The first-order valence-corrected chi connectivity index (χ1v) is 10.6. The third-order valence-electron chi connectivity index (χ3n) is 5.34. The van der Waals surface area contributed by atoms with Crippen molar-refractivity contribution in [2.75, 3.05) is 12.4 Å². The predicted molar refractivity (Wildman–Crippen MR) is 114 cm³/mol. The van der Waals surface area contributed by atoms with Crippen LogP contribution in [0.2, 0.25) is 0 Å². The van der Waals surface area contributed by atoms with Gasteiger partial charge < -0.3 is 4.74 Å². The van der Waals surface area contributed by atoms with Crippen molar-refractivity contribution in [2.45, 2.75) is 38.0 Å². The first kappa shape index (κ1) is 18.7. The number of thiazole rings is 1. The summed E-state index contributed by atoms with van der Waals surface area (Å²) in [7, 11) is 1.59. The molecule has 0 radical (unpaired) electrons. The van der Waals surface area contributed by atoms with Crippen LogP contribution in [0.1, 0.15) is 53.9 Å². The highest BCUT2D eigenvalue weighted by molar-refractivity contribution is 7.14. The molecular weight excluding hydrogens is 368 g/mol. The Labute approximate surface area is 169 Å². The van der Waals surface area contributed by atoms with E-state index < -0.39 is 0 Å². The molecule has 1 fully saturated rings. The largest absolute Gasteiger partial charge is 0.497 e. The van der Waals surface area contributed by atoms with E-state index in [1.807, 2.05) is 11.4 Å². The Bertz CT molecular complexity index is 943. The lowest BCUT2D eigenvalue weighted by Crippen LogP contribution is -2.11. The molecule has 4 rings (SSSR count). The molecule has 0 aliphatic heterocycles. The molecule has 4 nitrogen and oxygen atoms in total. The molecule has 0 unspecified atom stereocenters. The maximum atomic E-state index is 12.4. The van der Waals surface area contributed by atoms with Gasteiger partial charge in [-0.3, -0.25) is 10.1 Å². The standard InChI is InChI=1S/C23H24N2O2S/c1-27-20-9-5-8-19(14-20)22(26)25-23-24-21(15-28-23)18-12-10-17(11-13-18)16-6-3-2-4-7-16/h5,8-16H,2-4,6-7H2,1H3,(H,24,25,26). The topological polar surface area (TPSA) is 51.2 Å². The van der Waals surface area contributed by atoms with Gasteiger partial charge >= 0.3 is 0 Å². The lowest BCUT2D eigenvalue weighted by Gasteiger charge is -2.22. The summed E-state index contributed by atoms with van der Waals surface area (Å²) in [6.45, 7) is 0. The van der Waals surface area contributed by atoms with E-state index in [1.165, 1.54) is 49.0 Å². The average Bonchev–Trinajstić information content (AvgIpc) is 3.23. The molecule has 0 atom stereocenters. The van der Waals surface area contributed by atoms with Gasteiger partial charge in [-0.25, -0.2) is 4.98 Å². The maximum Gasteiger partial charge on any atom is 0.257 e. The van der Waals surface area contributed by atoms with Crippen LogP contribution >= 0.6 is 11.3 Å². The fourth-order valence-electron chi connectivity index (χ4n) is 3.76. The molecule has 1 saturated carbocycles. The number of hydrogen-bond donors (Lipinski definition) is 1. The zero-order valence-corrected chi connectivity index (χ0v) is 16.8. The molecule has 5 heteroatoms. The van der Waals surface area contributed by atoms with Gasteiger partial charge in [0.25, 0.3) is 5.91 Å². The number of hydrogen-bond acceptors (Lipinski definition) is 4. The summed E-state index contributed by atoms with van der Waals surface area (Å²) in [5, 5.41) is 5.46. The maximum absolute atomic E-state index is 12.4. The number of rotatable bonds is 5. The Morgan fingerprint density at radius 3 is 2.64 bits per heavy atom. The number of carbonyl (C=O) groups excluding carboxylic acids is 1. The van der Waals surface area contributed by atoms with Crippen molar-refractivity contribution in [3.8, 4) is 17.0 Å². The van der Waals surface area contributed by atoms with E-state index in [0.717, 1.165) is 11.3 Å². The molecular formula is C23H24N2O2S. The molecule has 1 amide bonds. The lowest BCUT2D eigenvalue weighted by molar-refractivity contribution is 0.102. The summed E-state index contributed by atoms with van der Waals surface area (Å²) in [5.41, 5.74) is 3.96. The Hall–Kier alpha value is -2.66. The number of ether oxygens (including phenoxy) is 1. The third kappa shape index (κ3) is 4.25. The fourth-order valence-corrected chi connectivity index (χ4v) is 4.47. The van der Waals surface area contributed by atoms with Crippen LogP contribution in [0.5, 0.6) is 5.75 Å². The van der Waals surface area contributed by atoms with Crippen LogP contribution in [0.4, 0.5) is 5.13 Å². The molecule has 3 aromatic rings. The van der Waals surface area contributed by atoms with Gasteiger partial charge in [-0.05, 0) is 42.5 Å². The van der Waals surface area contributed by atoms with Gasteiger partial charge in [-0.2, -0.15) is 0 Å². The SMILES string of the molecule is COc1cccc(C(=O)Nc2nc(-c3ccc(C4CCCCC4)cc3)cs2)c1. The Morgan fingerprint density at radius 2 is 1.89 bits per heavy atom. The first-order valence-electron chi connectivity index (χ1n) is 9.74. The van der Waals surface area contributed by atoms with E-state index in [4.69, 9.17) is 4.74 Å². The van der Waals surface area contributed by atoms with E-state index in [0.29, 0.717) is 22.4 Å². The quantitative estimate of drug-likeness (QED) is 0.569. The van der Waals surface area contributed by atoms with Crippen molar-refractivity contribution < 1.29 is 9.53 Å². The lowest BCUT2D eigenvalue weighted by atomic mass is 9.84. The second kappa shape index (κ2) is 8.57. The van der Waals surface area contributed by atoms with Gasteiger partial charge in [0.15, 0.2) is 5.13 Å². The second-order valence-corrected chi connectivity index (χ2v) is 8.04. The summed E-state index contributed by atoms with van der Waals surface area (Å²) in [5.74, 6) is 1.17. The normalized spacial score (nSPS) is 14.6. The molecule has 1 aliphatic carbocycles. The van der Waals surface area contributed by atoms with Gasteiger partial charge in [0.1, 0.15) is 5.75 Å². The number of anilines is 1. The molecule has 1 heterocycles. The van der Waals surface area contributed by atoms with Crippen molar-refractivity contribution in [3.63, 3.8) is 0 Å². The third-order valence-corrected chi connectivity index (χ3v) is 6.10. The van der Waals surface area contributed by atoms with E-state index in [2.05, 4.69) is 34.6 Å². The highest BCUT2D eigenvalue weighted by atomic mass is 32.1. The molecule has 1 N–H and O–H groups in total. The summed E-state index contributed by atoms with van der Waals surface area (Å²) >= 11 is 1.44. The van der Waals surface area contributed by atoms with Crippen molar-refractivity contribution >= 4 is 22.4 Å². The van der Waals surface area contributed by atoms with Crippen LogP contribution in [-0.4, -0.2) is 18.0 Å². The smallest absolute Gasteiger partial charge is 0.257 e. The molecule has 2 aromatic carbocycles. The first-order chi connectivity index (χ1) is 13.7. The van der Waals surface area contributed by atoms with Crippen molar-refractivity contribution in [1.29, 1.82) is 0 Å². The van der Waals surface area contributed by atoms with Crippen LogP contribution < -0.4 is 10.1 Å². The Kier molecular flexibility index (Phi) is 5.72. The van der Waals surface area contributed by atoms with Crippen molar-refractivity contribution in [2.24, 2.45) is 0 Å². The second-order valence-electron chi connectivity index (χ2n) is 7.18. The minimum atomic E-state index is -0.188. The molecule has 1 aliphatic rings. The van der Waals surface area contributed by atoms with Gasteiger partial charge in [0, 0.05) is 16.5 Å². The van der Waals surface area contributed by atoms with Gasteiger partial charge in [-0.1, -0.05) is 49.6 Å². The fraction of sp³-hybridized carbons (Fsp3) is 0.304. The summed E-state index contributed by atoms with van der Waals surface area (Å²) in [6, 6.07) is 15.9. The van der Waals surface area contributed by atoms with Crippen molar-refractivity contribution in [3.05, 3.63) is 65.0 Å². The molecule has 0 saturated heterocycles. The van der Waals surface area contributed by atoms with E-state index >= 15 is 0 Å². The number of benzene rings is 2. The number of nitrogens with one attached hydrogen (secondary N) is 1. The number of amides is 1. The van der Waals surface area contributed by atoms with Crippen LogP contribution in [0.3, 0.4) is 0 Å². The van der Waals surface area contributed by atoms with Crippen LogP contribution in [0.25, 0.3) is 11.3 Å². The van der Waals surface area contributed by atoms with Crippen LogP contribution in [0.15, 0.2) is 53.9 Å². The molecule has 1 aromatic heterocycles. The van der Waals surface area contributed by atoms with Crippen LogP contribution in [0, 0.1) is 0 Å². The van der Waals surface area contributed by atoms with E-state index in [-0.39, 0.29) is 5.91 Å². The van der Waals surface area contributed by atoms with Gasteiger partial charge in [0.2, 0.25) is 0 Å². The van der Waals surface area contributed by atoms with Crippen LogP contribution in [-0.2, 0) is 0 Å². The highest BCUT2D eigenvalue weighted by Gasteiger charge is 2.16. The Morgan fingerprint density at radius 1 is 1.11 bits per heavy atom. The predicted octanol–water partition coefficient (Wildman–Crippen LogP) is 6.12.